The highest BCUT2D eigenvalue weighted by Crippen LogP contribution is 2.52. The third-order valence-electron chi connectivity index (χ3n) is 2.79. The van der Waals surface area contributed by atoms with E-state index in [2.05, 4.69) is 6.92 Å². The van der Waals surface area contributed by atoms with Gasteiger partial charge in [-0.15, -0.1) is 0 Å². The summed E-state index contributed by atoms with van der Waals surface area (Å²) in [6, 6.07) is 0. The van der Waals surface area contributed by atoms with E-state index < -0.39 is 0 Å². The lowest BCUT2D eigenvalue weighted by molar-refractivity contribution is -0.123. The first kappa shape index (κ1) is 7.73. The molecule has 1 aliphatic carbocycles. The molecule has 0 heterocycles. The highest BCUT2D eigenvalue weighted by atomic mass is 16.1. The van der Waals surface area contributed by atoms with Gasteiger partial charge in [-0.05, 0) is 32.2 Å². The van der Waals surface area contributed by atoms with Crippen LogP contribution in [0.5, 0.6) is 0 Å². The third-order valence-corrected chi connectivity index (χ3v) is 2.79. The van der Waals surface area contributed by atoms with Crippen LogP contribution in [-0.4, -0.2) is 12.3 Å². The van der Waals surface area contributed by atoms with Crippen molar-refractivity contribution in [2.24, 2.45) is 17.1 Å². The summed E-state index contributed by atoms with van der Waals surface area (Å²) in [4.78, 5) is 11.1. The van der Waals surface area contributed by atoms with E-state index in [4.69, 9.17) is 5.73 Å². The fourth-order valence-electron chi connectivity index (χ4n) is 1.55. The summed E-state index contributed by atoms with van der Waals surface area (Å²) in [6.07, 6.45) is 2.11. The van der Waals surface area contributed by atoms with Crippen LogP contribution in [0.1, 0.15) is 26.7 Å². The zero-order valence-corrected chi connectivity index (χ0v) is 6.68. The Morgan fingerprint density at radius 2 is 2.20 bits per heavy atom. The fourth-order valence-corrected chi connectivity index (χ4v) is 1.55. The van der Waals surface area contributed by atoms with Gasteiger partial charge < -0.3 is 5.73 Å². The van der Waals surface area contributed by atoms with Crippen molar-refractivity contribution in [2.75, 3.05) is 6.54 Å². The van der Waals surface area contributed by atoms with E-state index in [-0.39, 0.29) is 5.41 Å². The molecule has 2 N–H and O–H groups in total. The molecule has 2 heteroatoms. The first-order valence-corrected chi connectivity index (χ1v) is 3.84. The molecule has 1 unspecified atom stereocenters. The van der Waals surface area contributed by atoms with Crippen LogP contribution in [0, 0.1) is 11.3 Å². The van der Waals surface area contributed by atoms with Crippen LogP contribution in [0.25, 0.3) is 0 Å². The Morgan fingerprint density at radius 3 is 2.30 bits per heavy atom. The van der Waals surface area contributed by atoms with Crippen molar-refractivity contribution in [3.63, 3.8) is 0 Å². The summed E-state index contributed by atoms with van der Waals surface area (Å²) in [5.41, 5.74) is 5.48. The van der Waals surface area contributed by atoms with Crippen LogP contribution in [0.15, 0.2) is 0 Å². The lowest BCUT2D eigenvalue weighted by atomic mass is 9.87. The van der Waals surface area contributed by atoms with Crippen LogP contribution in [0.3, 0.4) is 0 Å². The zero-order chi connectivity index (χ0) is 7.78. The number of hydrogen-bond donors (Lipinski definition) is 1. The second-order valence-electron chi connectivity index (χ2n) is 3.35. The zero-order valence-electron chi connectivity index (χ0n) is 6.68. The van der Waals surface area contributed by atoms with Crippen LogP contribution in [0.4, 0.5) is 0 Å². The second-order valence-corrected chi connectivity index (χ2v) is 3.35. The average Bonchev–Trinajstić information content (AvgIpc) is 2.65. The van der Waals surface area contributed by atoms with Gasteiger partial charge in [0.05, 0.1) is 0 Å². The van der Waals surface area contributed by atoms with Gasteiger partial charge in [0.1, 0.15) is 5.78 Å². The van der Waals surface area contributed by atoms with Gasteiger partial charge >= 0.3 is 0 Å². The highest BCUT2D eigenvalue weighted by Gasteiger charge is 2.50. The molecule has 1 rings (SSSR count). The molecule has 0 aliphatic heterocycles. The Balaban J connectivity index is 2.60. The summed E-state index contributed by atoms with van der Waals surface area (Å²) >= 11 is 0. The molecule has 0 saturated heterocycles. The number of carbonyl (C=O) groups excluding carboxylic acids is 1. The predicted molar refractivity (Wildman–Crippen MR) is 40.6 cm³/mol. The standard InChI is InChI=1S/C8H15NO/c1-6(5-9)8(3-4-8)7(2)10/h6H,3-5,9H2,1-2H3. The molecule has 0 aromatic rings. The Bertz CT molecular complexity index is 149. The molecule has 1 saturated carbocycles. The first-order valence-electron chi connectivity index (χ1n) is 3.84. The smallest absolute Gasteiger partial charge is 0.136 e. The monoisotopic (exact) mass is 141 g/mol. The summed E-state index contributed by atoms with van der Waals surface area (Å²) in [5, 5.41) is 0. The van der Waals surface area contributed by atoms with Gasteiger partial charge in [0, 0.05) is 5.41 Å². The molecule has 58 valence electrons. The minimum Gasteiger partial charge on any atom is -0.330 e. The SMILES string of the molecule is CC(=O)C1(C(C)CN)CC1. The van der Waals surface area contributed by atoms with Crippen LogP contribution in [-0.2, 0) is 4.79 Å². The van der Waals surface area contributed by atoms with Gasteiger partial charge in [-0.2, -0.15) is 0 Å². The van der Waals surface area contributed by atoms with E-state index >= 15 is 0 Å². The van der Waals surface area contributed by atoms with Gasteiger partial charge in [0.15, 0.2) is 0 Å². The van der Waals surface area contributed by atoms with Gasteiger partial charge in [-0.25, -0.2) is 0 Å². The molecule has 1 atom stereocenters. The largest absolute Gasteiger partial charge is 0.330 e. The second kappa shape index (κ2) is 2.35. The molecule has 0 aromatic carbocycles. The molecule has 0 bridgehead atoms. The average molecular weight is 141 g/mol. The lowest BCUT2D eigenvalue weighted by Gasteiger charge is -2.17. The molecule has 10 heavy (non-hydrogen) atoms. The number of Topliss-reactive ketones (excluding diaryl/α,β-unsaturated/α-hetero) is 1. The quantitative estimate of drug-likeness (QED) is 0.636. The molecule has 1 fully saturated rings. The van der Waals surface area contributed by atoms with Crippen LogP contribution >= 0.6 is 0 Å². The van der Waals surface area contributed by atoms with Crippen LogP contribution < -0.4 is 5.73 Å². The van der Waals surface area contributed by atoms with Crippen molar-refractivity contribution in [3.8, 4) is 0 Å². The molecule has 0 aromatic heterocycles. The van der Waals surface area contributed by atoms with Crippen molar-refractivity contribution in [1.82, 2.24) is 0 Å². The fraction of sp³-hybridized carbons (Fsp3) is 0.875. The van der Waals surface area contributed by atoms with Crippen molar-refractivity contribution in [2.45, 2.75) is 26.7 Å². The van der Waals surface area contributed by atoms with Crippen LogP contribution in [0.2, 0.25) is 0 Å². The summed E-state index contributed by atoms with van der Waals surface area (Å²) < 4.78 is 0. The van der Waals surface area contributed by atoms with E-state index in [0.717, 1.165) is 12.8 Å². The Labute approximate surface area is 61.8 Å². The molecular weight excluding hydrogens is 126 g/mol. The molecule has 0 spiro atoms. The molecule has 0 radical (unpaired) electrons. The van der Waals surface area contributed by atoms with E-state index in [9.17, 15) is 4.79 Å². The maximum absolute atomic E-state index is 11.1. The number of nitrogens with two attached hydrogens (primary N) is 1. The number of rotatable bonds is 3. The third kappa shape index (κ3) is 0.966. The van der Waals surface area contributed by atoms with E-state index in [1.165, 1.54) is 0 Å². The normalized spacial score (nSPS) is 23.9. The number of ketones is 1. The predicted octanol–water partition coefficient (Wildman–Crippen LogP) is 0.950. The first-order chi connectivity index (χ1) is 4.63. The van der Waals surface area contributed by atoms with E-state index in [1.807, 2.05) is 0 Å². The summed E-state index contributed by atoms with van der Waals surface area (Å²) in [7, 11) is 0. The van der Waals surface area contributed by atoms with E-state index in [0.29, 0.717) is 18.2 Å². The maximum atomic E-state index is 11.1. The van der Waals surface area contributed by atoms with Crippen molar-refractivity contribution >= 4 is 5.78 Å². The number of carbonyl (C=O) groups is 1. The Morgan fingerprint density at radius 1 is 1.70 bits per heavy atom. The number of hydrogen-bond acceptors (Lipinski definition) is 2. The minimum atomic E-state index is -0.00521. The minimum absolute atomic E-state index is 0.00521. The van der Waals surface area contributed by atoms with Gasteiger partial charge in [0.2, 0.25) is 0 Å². The van der Waals surface area contributed by atoms with Gasteiger partial charge in [-0.3, -0.25) is 4.79 Å². The molecule has 0 amide bonds. The molecular formula is C8H15NO. The summed E-state index contributed by atoms with van der Waals surface area (Å²) in [5.74, 6) is 0.704. The van der Waals surface area contributed by atoms with E-state index in [1.54, 1.807) is 6.92 Å². The highest BCUT2D eigenvalue weighted by molar-refractivity contribution is 5.85. The molecule has 2 nitrogen and oxygen atoms in total. The Hall–Kier alpha value is -0.370. The van der Waals surface area contributed by atoms with Crippen molar-refractivity contribution in [1.29, 1.82) is 0 Å². The Kier molecular flexibility index (Phi) is 1.82. The van der Waals surface area contributed by atoms with Gasteiger partial charge in [-0.1, -0.05) is 6.92 Å². The van der Waals surface area contributed by atoms with Gasteiger partial charge in [0.25, 0.3) is 0 Å². The van der Waals surface area contributed by atoms with Crippen molar-refractivity contribution in [3.05, 3.63) is 0 Å². The van der Waals surface area contributed by atoms with Crippen molar-refractivity contribution < 1.29 is 4.79 Å². The molecule has 1 aliphatic rings. The summed E-state index contributed by atoms with van der Waals surface area (Å²) in [6.45, 7) is 4.38. The topological polar surface area (TPSA) is 43.1 Å². The lowest BCUT2D eigenvalue weighted by Crippen LogP contribution is -2.27. The maximum Gasteiger partial charge on any atom is 0.136 e.